The number of aromatic nitrogens is 1. The molecule has 0 fully saturated rings. The third kappa shape index (κ3) is 3.49. The molecule has 4 aromatic rings. The number of para-hydroxylation sites is 1. The Morgan fingerprint density at radius 1 is 0.793 bits per heavy atom. The number of anilines is 1. The van der Waals surface area contributed by atoms with Gasteiger partial charge in [0, 0.05) is 40.3 Å². The van der Waals surface area contributed by atoms with Gasteiger partial charge in [0.1, 0.15) is 0 Å². The zero-order chi connectivity index (χ0) is 20.8. The topological polar surface area (TPSA) is 85.2 Å². The van der Waals surface area contributed by atoms with Crippen LogP contribution in [-0.4, -0.2) is 27.7 Å². The lowest BCUT2D eigenvalue weighted by molar-refractivity contribution is 0.597. The van der Waals surface area contributed by atoms with E-state index in [9.17, 15) is 16.8 Å². The molecular weight excluding hydrogens is 408 g/mol. The number of benzene rings is 3. The average molecular weight is 429 g/mol. The Labute approximate surface area is 169 Å². The maximum absolute atomic E-state index is 12.8. The van der Waals surface area contributed by atoms with Crippen LogP contribution in [0, 0.1) is 0 Å². The van der Waals surface area contributed by atoms with Crippen molar-refractivity contribution in [2.75, 3.05) is 11.0 Å². The highest BCUT2D eigenvalue weighted by Gasteiger charge is 2.17. The second-order valence-corrected chi connectivity index (χ2v) is 10.5. The Morgan fingerprint density at radius 2 is 1.41 bits per heavy atom. The van der Waals surface area contributed by atoms with Crippen molar-refractivity contribution < 1.29 is 16.8 Å². The van der Waals surface area contributed by atoms with Gasteiger partial charge in [-0.2, -0.15) is 0 Å². The van der Waals surface area contributed by atoms with Crippen LogP contribution in [0.4, 0.5) is 5.69 Å². The van der Waals surface area contributed by atoms with E-state index in [0.29, 0.717) is 5.69 Å². The van der Waals surface area contributed by atoms with E-state index in [2.05, 4.69) is 16.2 Å². The summed E-state index contributed by atoms with van der Waals surface area (Å²) < 4.78 is 53.4. The highest BCUT2D eigenvalue weighted by molar-refractivity contribution is 7.92. The van der Waals surface area contributed by atoms with Crippen LogP contribution < -0.4 is 4.72 Å². The predicted octanol–water partition coefficient (Wildman–Crippen LogP) is 4.02. The zero-order valence-electron chi connectivity index (χ0n) is 16.0. The van der Waals surface area contributed by atoms with E-state index in [-0.39, 0.29) is 9.79 Å². The Hall–Kier alpha value is -2.84. The van der Waals surface area contributed by atoms with Crippen molar-refractivity contribution in [2.24, 2.45) is 0 Å². The molecule has 8 heteroatoms. The molecule has 0 spiro atoms. The summed E-state index contributed by atoms with van der Waals surface area (Å²) in [7, 11) is -7.23. The molecular formula is C21H20N2O4S2. The molecule has 0 bridgehead atoms. The SMILES string of the molecule is CCn1c2ccccc2c2cc(NS(=O)(=O)c3ccc(S(C)(=O)=O)cc3)ccc21. The van der Waals surface area contributed by atoms with E-state index in [1.54, 1.807) is 6.07 Å². The lowest BCUT2D eigenvalue weighted by atomic mass is 10.1. The van der Waals surface area contributed by atoms with Crippen molar-refractivity contribution in [1.82, 2.24) is 4.57 Å². The lowest BCUT2D eigenvalue weighted by Crippen LogP contribution is -2.13. The molecule has 0 radical (unpaired) electrons. The third-order valence-electron chi connectivity index (χ3n) is 4.90. The van der Waals surface area contributed by atoms with Crippen molar-refractivity contribution in [2.45, 2.75) is 23.3 Å². The Balaban J connectivity index is 1.74. The van der Waals surface area contributed by atoms with Gasteiger partial charge >= 0.3 is 0 Å². The fourth-order valence-corrected chi connectivity index (χ4v) is 5.22. The molecule has 150 valence electrons. The van der Waals surface area contributed by atoms with Gasteiger partial charge in [0.15, 0.2) is 9.84 Å². The molecule has 6 nitrogen and oxygen atoms in total. The van der Waals surface area contributed by atoms with Gasteiger partial charge < -0.3 is 4.57 Å². The summed E-state index contributed by atoms with van der Waals surface area (Å²) in [4.78, 5) is 0.0752. The maximum Gasteiger partial charge on any atom is 0.261 e. The van der Waals surface area contributed by atoms with Gasteiger partial charge in [-0.3, -0.25) is 4.72 Å². The number of nitrogens with zero attached hydrogens (tertiary/aromatic N) is 1. The van der Waals surface area contributed by atoms with E-state index < -0.39 is 19.9 Å². The number of hydrogen-bond donors (Lipinski definition) is 1. The summed E-state index contributed by atoms with van der Waals surface area (Å²) in [5.41, 5.74) is 2.58. The Bertz CT molecular complexity index is 1440. The van der Waals surface area contributed by atoms with E-state index in [4.69, 9.17) is 0 Å². The van der Waals surface area contributed by atoms with Gasteiger partial charge in [0.25, 0.3) is 10.0 Å². The van der Waals surface area contributed by atoms with Crippen molar-refractivity contribution >= 4 is 47.4 Å². The van der Waals surface area contributed by atoms with E-state index in [1.165, 1.54) is 24.3 Å². The number of sulfone groups is 1. The number of sulfonamides is 1. The van der Waals surface area contributed by atoms with Crippen molar-refractivity contribution in [1.29, 1.82) is 0 Å². The molecule has 1 aromatic heterocycles. The number of aryl methyl sites for hydroxylation is 1. The normalized spacial score (nSPS) is 12.5. The first-order valence-electron chi connectivity index (χ1n) is 9.04. The summed E-state index contributed by atoms with van der Waals surface area (Å²) in [6.45, 7) is 2.88. The number of fused-ring (bicyclic) bond motifs is 3. The molecule has 4 rings (SSSR count). The summed E-state index contributed by atoms with van der Waals surface area (Å²) in [5.74, 6) is 0. The van der Waals surface area contributed by atoms with Gasteiger partial charge in [-0.15, -0.1) is 0 Å². The Kier molecular flexibility index (Phi) is 4.63. The largest absolute Gasteiger partial charge is 0.341 e. The van der Waals surface area contributed by atoms with Gasteiger partial charge in [-0.1, -0.05) is 18.2 Å². The van der Waals surface area contributed by atoms with Gasteiger partial charge in [-0.25, -0.2) is 16.8 Å². The molecule has 0 aliphatic carbocycles. The predicted molar refractivity (Wildman–Crippen MR) is 115 cm³/mol. The molecule has 1 N–H and O–H groups in total. The van der Waals surface area contributed by atoms with Gasteiger partial charge in [0.05, 0.1) is 9.79 Å². The van der Waals surface area contributed by atoms with E-state index in [1.807, 2.05) is 36.4 Å². The highest BCUT2D eigenvalue weighted by atomic mass is 32.2. The molecule has 0 unspecified atom stereocenters. The van der Waals surface area contributed by atoms with Crippen molar-refractivity contribution in [3.8, 4) is 0 Å². The number of nitrogens with one attached hydrogen (secondary N) is 1. The van der Waals surface area contributed by atoms with Gasteiger partial charge in [0.2, 0.25) is 0 Å². The zero-order valence-corrected chi connectivity index (χ0v) is 17.6. The number of hydrogen-bond acceptors (Lipinski definition) is 4. The quantitative estimate of drug-likeness (QED) is 0.520. The van der Waals surface area contributed by atoms with Crippen LogP contribution in [0.2, 0.25) is 0 Å². The van der Waals surface area contributed by atoms with Crippen LogP contribution in [0.5, 0.6) is 0 Å². The fourth-order valence-electron chi connectivity index (χ4n) is 3.54. The molecule has 1 heterocycles. The van der Waals surface area contributed by atoms with Crippen LogP contribution >= 0.6 is 0 Å². The number of rotatable bonds is 5. The summed E-state index contributed by atoms with van der Waals surface area (Å²) in [6, 6.07) is 18.6. The first-order chi connectivity index (χ1) is 13.7. The maximum atomic E-state index is 12.8. The standard InChI is InChI=1S/C21H20N2O4S2/c1-3-23-20-7-5-4-6-18(20)19-14-15(8-13-21(19)23)22-29(26,27)17-11-9-16(10-12-17)28(2,24)25/h4-14,22H,3H2,1-2H3. The van der Waals surface area contributed by atoms with E-state index >= 15 is 0 Å². The van der Waals surface area contributed by atoms with Crippen LogP contribution in [0.1, 0.15) is 6.92 Å². The molecule has 0 amide bonds. The molecule has 3 aromatic carbocycles. The minimum atomic E-state index is -3.85. The molecule has 0 atom stereocenters. The minimum absolute atomic E-state index is 0.000910. The summed E-state index contributed by atoms with van der Waals surface area (Å²) in [6.07, 6.45) is 1.08. The van der Waals surface area contributed by atoms with Crippen molar-refractivity contribution in [3.63, 3.8) is 0 Å². The lowest BCUT2D eigenvalue weighted by Gasteiger charge is -2.09. The second kappa shape index (κ2) is 6.89. The summed E-state index contributed by atoms with van der Waals surface area (Å²) in [5, 5.41) is 2.03. The van der Waals surface area contributed by atoms with Crippen LogP contribution in [0.3, 0.4) is 0 Å². The highest BCUT2D eigenvalue weighted by Crippen LogP contribution is 2.31. The minimum Gasteiger partial charge on any atom is -0.341 e. The molecule has 29 heavy (non-hydrogen) atoms. The third-order valence-corrected chi connectivity index (χ3v) is 7.43. The molecule has 0 aliphatic heterocycles. The second-order valence-electron chi connectivity index (χ2n) is 6.84. The van der Waals surface area contributed by atoms with Crippen LogP contribution in [-0.2, 0) is 26.4 Å². The van der Waals surface area contributed by atoms with Gasteiger partial charge in [-0.05, 0) is 55.5 Å². The molecule has 0 saturated carbocycles. The Morgan fingerprint density at radius 3 is 2.07 bits per heavy atom. The van der Waals surface area contributed by atoms with Crippen LogP contribution in [0.25, 0.3) is 21.8 Å². The molecule has 0 saturated heterocycles. The monoisotopic (exact) mass is 428 g/mol. The van der Waals surface area contributed by atoms with Crippen molar-refractivity contribution in [3.05, 3.63) is 66.7 Å². The van der Waals surface area contributed by atoms with Crippen LogP contribution in [0.15, 0.2) is 76.5 Å². The first-order valence-corrected chi connectivity index (χ1v) is 12.4. The fraction of sp³-hybridized carbons (Fsp3) is 0.143. The average Bonchev–Trinajstić information content (AvgIpc) is 3.00. The smallest absolute Gasteiger partial charge is 0.261 e. The first kappa shape index (κ1) is 19.5. The van der Waals surface area contributed by atoms with E-state index in [0.717, 1.165) is 34.6 Å². The summed E-state index contributed by atoms with van der Waals surface area (Å²) >= 11 is 0. The molecule has 0 aliphatic rings.